The van der Waals surface area contributed by atoms with E-state index in [1.165, 1.54) is 0 Å². The Balaban J connectivity index is 1.60. The molecular weight excluding hydrogens is 366 g/mol. The molecular formula is C23H27N3O3. The fraction of sp³-hybridized carbons (Fsp3) is 0.391. The van der Waals surface area contributed by atoms with Crippen LogP contribution in [-0.2, 0) is 4.79 Å². The van der Waals surface area contributed by atoms with Crippen molar-refractivity contribution in [1.29, 1.82) is 0 Å². The van der Waals surface area contributed by atoms with E-state index in [4.69, 9.17) is 14.6 Å². The van der Waals surface area contributed by atoms with Gasteiger partial charge in [0.1, 0.15) is 11.5 Å². The third-order valence-electron chi connectivity index (χ3n) is 5.65. The lowest BCUT2D eigenvalue weighted by atomic mass is 9.98. The average molecular weight is 393 g/mol. The van der Waals surface area contributed by atoms with Gasteiger partial charge < -0.3 is 9.47 Å². The van der Waals surface area contributed by atoms with Gasteiger partial charge in [-0.3, -0.25) is 9.69 Å². The zero-order valence-electron chi connectivity index (χ0n) is 17.0. The van der Waals surface area contributed by atoms with Gasteiger partial charge in [-0.2, -0.15) is 5.10 Å². The van der Waals surface area contributed by atoms with Crippen molar-refractivity contribution in [3.63, 3.8) is 0 Å². The van der Waals surface area contributed by atoms with Crippen LogP contribution in [0.25, 0.3) is 0 Å². The summed E-state index contributed by atoms with van der Waals surface area (Å²) in [7, 11) is 3.31. The van der Waals surface area contributed by atoms with E-state index in [9.17, 15) is 4.79 Å². The van der Waals surface area contributed by atoms with Gasteiger partial charge in [-0.25, -0.2) is 5.01 Å². The second-order valence-corrected chi connectivity index (χ2v) is 7.49. The highest BCUT2D eigenvalue weighted by Crippen LogP contribution is 2.34. The van der Waals surface area contributed by atoms with Crippen LogP contribution in [0.4, 0.5) is 0 Å². The van der Waals surface area contributed by atoms with E-state index in [-0.39, 0.29) is 11.9 Å². The molecule has 29 heavy (non-hydrogen) atoms. The number of hydrogen-bond donors (Lipinski definition) is 0. The number of benzene rings is 2. The summed E-state index contributed by atoms with van der Waals surface area (Å²) in [6, 6.07) is 15.7. The topological polar surface area (TPSA) is 54.4 Å². The zero-order valence-corrected chi connectivity index (χ0v) is 17.0. The third kappa shape index (κ3) is 4.27. The fourth-order valence-electron chi connectivity index (χ4n) is 3.99. The van der Waals surface area contributed by atoms with Gasteiger partial charge in [0.15, 0.2) is 0 Å². The molecule has 6 nitrogen and oxygen atoms in total. The Hall–Kier alpha value is -2.86. The average Bonchev–Trinajstić information content (AvgIpc) is 3.44. The van der Waals surface area contributed by atoms with Crippen molar-refractivity contribution in [1.82, 2.24) is 9.91 Å². The molecule has 2 aliphatic heterocycles. The summed E-state index contributed by atoms with van der Waals surface area (Å²) in [6.45, 7) is 2.40. The predicted octanol–water partition coefficient (Wildman–Crippen LogP) is 3.48. The van der Waals surface area contributed by atoms with Crippen LogP contribution < -0.4 is 9.47 Å². The van der Waals surface area contributed by atoms with Crippen LogP contribution in [0.15, 0.2) is 53.6 Å². The van der Waals surface area contributed by atoms with Gasteiger partial charge in [0.25, 0.3) is 5.91 Å². The Morgan fingerprint density at radius 1 is 0.966 bits per heavy atom. The second kappa shape index (κ2) is 8.66. The van der Waals surface area contributed by atoms with Crippen LogP contribution in [0.1, 0.15) is 36.4 Å². The Kier molecular flexibility index (Phi) is 5.81. The predicted molar refractivity (Wildman–Crippen MR) is 112 cm³/mol. The van der Waals surface area contributed by atoms with Crippen LogP contribution >= 0.6 is 0 Å². The smallest absolute Gasteiger partial charge is 0.257 e. The van der Waals surface area contributed by atoms with Crippen LogP contribution in [0.2, 0.25) is 0 Å². The van der Waals surface area contributed by atoms with Gasteiger partial charge in [-0.15, -0.1) is 0 Å². The molecule has 2 aromatic carbocycles. The highest BCUT2D eigenvalue weighted by atomic mass is 16.5. The number of likely N-dealkylation sites (tertiary alicyclic amines) is 1. The van der Waals surface area contributed by atoms with Gasteiger partial charge in [-0.1, -0.05) is 12.1 Å². The zero-order chi connectivity index (χ0) is 20.2. The monoisotopic (exact) mass is 393 g/mol. The number of methoxy groups -OCH3 is 2. The summed E-state index contributed by atoms with van der Waals surface area (Å²) >= 11 is 0. The largest absolute Gasteiger partial charge is 0.497 e. The Labute approximate surface area is 171 Å². The van der Waals surface area contributed by atoms with Crippen molar-refractivity contribution in [2.45, 2.75) is 25.3 Å². The minimum atomic E-state index is -0.104. The normalized spacial score (nSPS) is 19.3. The van der Waals surface area contributed by atoms with Crippen LogP contribution in [-0.4, -0.2) is 55.4 Å². The molecule has 0 aliphatic carbocycles. The number of hydrogen-bond acceptors (Lipinski definition) is 5. The number of nitrogens with zero attached hydrogens (tertiary/aromatic N) is 3. The lowest BCUT2D eigenvalue weighted by Crippen LogP contribution is -2.36. The molecule has 1 atom stereocenters. The number of carbonyl (C=O) groups excluding carboxylic acids is 1. The van der Waals surface area contributed by atoms with Crippen molar-refractivity contribution < 1.29 is 14.3 Å². The summed E-state index contributed by atoms with van der Waals surface area (Å²) in [5.74, 6) is 1.66. The Morgan fingerprint density at radius 3 is 2.14 bits per heavy atom. The van der Waals surface area contributed by atoms with E-state index in [1.807, 2.05) is 48.5 Å². The van der Waals surface area contributed by atoms with Crippen LogP contribution in [0.3, 0.4) is 0 Å². The van der Waals surface area contributed by atoms with E-state index in [0.29, 0.717) is 13.0 Å². The minimum Gasteiger partial charge on any atom is -0.497 e. The molecule has 2 heterocycles. The van der Waals surface area contributed by atoms with E-state index < -0.39 is 0 Å². The van der Waals surface area contributed by atoms with Crippen molar-refractivity contribution in [3.8, 4) is 11.5 Å². The first-order valence-electron chi connectivity index (χ1n) is 10.1. The number of carbonyl (C=O) groups is 1. The van der Waals surface area contributed by atoms with Gasteiger partial charge in [-0.05, 0) is 73.5 Å². The number of ether oxygens (including phenoxy) is 2. The molecule has 4 rings (SSSR count). The molecule has 0 saturated carbocycles. The van der Waals surface area contributed by atoms with E-state index >= 15 is 0 Å². The summed E-state index contributed by atoms with van der Waals surface area (Å²) < 4.78 is 10.5. The molecule has 152 valence electrons. The molecule has 0 aromatic heterocycles. The Morgan fingerprint density at radius 2 is 1.55 bits per heavy atom. The second-order valence-electron chi connectivity index (χ2n) is 7.49. The van der Waals surface area contributed by atoms with Crippen molar-refractivity contribution in [2.75, 3.05) is 33.9 Å². The van der Waals surface area contributed by atoms with Crippen LogP contribution in [0, 0.1) is 0 Å². The maximum atomic E-state index is 13.1. The number of rotatable bonds is 6. The van der Waals surface area contributed by atoms with E-state index in [2.05, 4.69) is 4.90 Å². The van der Waals surface area contributed by atoms with Crippen molar-refractivity contribution in [3.05, 3.63) is 59.7 Å². The van der Waals surface area contributed by atoms with Gasteiger partial charge >= 0.3 is 0 Å². The maximum absolute atomic E-state index is 13.1. The highest BCUT2D eigenvalue weighted by molar-refractivity contribution is 6.03. The van der Waals surface area contributed by atoms with Gasteiger partial charge in [0.2, 0.25) is 0 Å². The number of hydrazone groups is 1. The van der Waals surface area contributed by atoms with Crippen LogP contribution in [0.5, 0.6) is 11.5 Å². The quantitative estimate of drug-likeness (QED) is 0.754. The summed E-state index contributed by atoms with van der Waals surface area (Å²) in [5, 5.41) is 6.44. The lowest BCUT2D eigenvalue weighted by molar-refractivity contribution is -0.134. The maximum Gasteiger partial charge on any atom is 0.257 e. The molecule has 2 aromatic rings. The lowest BCUT2D eigenvalue weighted by Gasteiger charge is -2.24. The number of amides is 1. The highest BCUT2D eigenvalue weighted by Gasteiger charge is 2.34. The summed E-state index contributed by atoms with van der Waals surface area (Å²) in [6.07, 6.45) is 3.01. The minimum absolute atomic E-state index is 0.0521. The molecule has 0 radical (unpaired) electrons. The van der Waals surface area contributed by atoms with Gasteiger partial charge in [0, 0.05) is 6.42 Å². The van der Waals surface area contributed by atoms with Crippen molar-refractivity contribution >= 4 is 11.6 Å². The molecule has 0 spiro atoms. The molecule has 6 heteroatoms. The summed E-state index contributed by atoms with van der Waals surface area (Å²) in [5.41, 5.74) is 3.00. The SMILES string of the molecule is COc1ccc(C2=NN(C(=O)CN3CCCC3)[C@@H](c3ccc(OC)cc3)C2)cc1. The molecule has 0 unspecified atom stereocenters. The summed E-state index contributed by atoms with van der Waals surface area (Å²) in [4.78, 5) is 15.3. The standard InChI is InChI=1S/C23H27N3O3/c1-28-19-9-5-17(6-10-19)21-15-22(18-7-11-20(29-2)12-8-18)26(24-21)23(27)16-25-13-3-4-14-25/h5-12,22H,3-4,13-16H2,1-2H3/t22-/m1/s1. The molecule has 2 aliphatic rings. The molecule has 1 saturated heterocycles. The third-order valence-corrected chi connectivity index (χ3v) is 5.65. The molecule has 0 N–H and O–H groups in total. The first kappa shape index (κ1) is 19.5. The first-order chi connectivity index (χ1) is 14.2. The van der Waals surface area contributed by atoms with Crippen molar-refractivity contribution in [2.24, 2.45) is 5.10 Å². The van der Waals surface area contributed by atoms with Gasteiger partial charge in [0.05, 0.1) is 32.5 Å². The molecule has 1 fully saturated rings. The van der Waals surface area contributed by atoms with E-state index in [1.54, 1.807) is 19.2 Å². The van der Waals surface area contributed by atoms with E-state index in [0.717, 1.165) is 54.3 Å². The molecule has 0 bridgehead atoms. The fourth-order valence-corrected chi connectivity index (χ4v) is 3.99. The first-order valence-corrected chi connectivity index (χ1v) is 10.1. The molecule has 1 amide bonds. The Bertz CT molecular complexity index is 871.